The van der Waals surface area contributed by atoms with E-state index in [4.69, 9.17) is 0 Å². The second kappa shape index (κ2) is 5.83. The van der Waals surface area contributed by atoms with Crippen molar-refractivity contribution < 1.29 is 18.3 Å². The van der Waals surface area contributed by atoms with Crippen LogP contribution in [0.15, 0.2) is 24.3 Å². The van der Waals surface area contributed by atoms with Gasteiger partial charge in [0.05, 0.1) is 5.75 Å². The lowest BCUT2D eigenvalue weighted by molar-refractivity contribution is -0.132. The molecule has 0 atom stereocenters. The molecule has 5 nitrogen and oxygen atoms in total. The summed E-state index contributed by atoms with van der Waals surface area (Å²) < 4.78 is 22.3. The largest absolute Gasteiger partial charge is 0.508 e. The van der Waals surface area contributed by atoms with E-state index in [9.17, 15) is 18.3 Å². The number of phenolic OH excluding ortho intramolecular Hbond substituents is 1. The molecule has 0 aromatic heterocycles. The molecule has 1 aliphatic carbocycles. The highest BCUT2D eigenvalue weighted by Gasteiger charge is 2.32. The average Bonchev–Trinajstić information content (AvgIpc) is 3.18. The van der Waals surface area contributed by atoms with E-state index in [1.807, 2.05) is 0 Å². The molecule has 0 radical (unpaired) electrons. The van der Waals surface area contributed by atoms with Gasteiger partial charge in [-0.05, 0) is 30.5 Å². The summed E-state index contributed by atoms with van der Waals surface area (Å²) in [5.41, 5.74) is 0.933. The number of benzene rings is 1. The monoisotopic (exact) mass is 297 g/mol. The zero-order valence-electron chi connectivity index (χ0n) is 11.4. The minimum atomic E-state index is -3.12. The van der Waals surface area contributed by atoms with Crippen molar-refractivity contribution in [2.24, 2.45) is 0 Å². The Kier molecular flexibility index (Phi) is 4.32. The molecule has 0 bridgehead atoms. The van der Waals surface area contributed by atoms with Gasteiger partial charge in [-0.2, -0.15) is 0 Å². The van der Waals surface area contributed by atoms with Crippen LogP contribution in [0.2, 0.25) is 0 Å². The topological polar surface area (TPSA) is 74.7 Å². The lowest BCUT2D eigenvalue weighted by Gasteiger charge is -2.22. The molecular weight excluding hydrogens is 278 g/mol. The van der Waals surface area contributed by atoms with Gasteiger partial charge in [-0.3, -0.25) is 4.79 Å². The Morgan fingerprint density at radius 1 is 1.30 bits per heavy atom. The Hall–Kier alpha value is -1.56. The van der Waals surface area contributed by atoms with Gasteiger partial charge < -0.3 is 10.0 Å². The Labute approximate surface area is 119 Å². The van der Waals surface area contributed by atoms with Crippen LogP contribution in [0.4, 0.5) is 0 Å². The molecule has 110 valence electrons. The summed E-state index contributed by atoms with van der Waals surface area (Å²) in [6.07, 6.45) is 3.13. The van der Waals surface area contributed by atoms with E-state index in [0.29, 0.717) is 6.54 Å². The Balaban J connectivity index is 2.00. The lowest BCUT2D eigenvalue weighted by Crippen LogP contribution is -2.33. The van der Waals surface area contributed by atoms with Crippen molar-refractivity contribution in [1.29, 1.82) is 0 Å². The smallest absolute Gasteiger partial charge is 0.224 e. The first-order chi connectivity index (χ1) is 9.35. The van der Waals surface area contributed by atoms with Crippen LogP contribution in [0.1, 0.15) is 24.8 Å². The highest BCUT2D eigenvalue weighted by molar-refractivity contribution is 7.90. The van der Waals surface area contributed by atoms with Crippen LogP contribution in [0.5, 0.6) is 5.75 Å². The molecule has 1 amide bonds. The van der Waals surface area contributed by atoms with Gasteiger partial charge >= 0.3 is 0 Å². The molecule has 20 heavy (non-hydrogen) atoms. The maximum atomic E-state index is 12.2. The quantitative estimate of drug-likeness (QED) is 0.859. The van der Waals surface area contributed by atoms with Crippen LogP contribution >= 0.6 is 0 Å². The number of phenols is 1. The number of hydrogen-bond donors (Lipinski definition) is 1. The maximum Gasteiger partial charge on any atom is 0.224 e. The fourth-order valence-corrected chi connectivity index (χ4v) is 2.57. The normalized spacial score (nSPS) is 15.1. The van der Waals surface area contributed by atoms with Crippen LogP contribution < -0.4 is 0 Å². The highest BCUT2D eigenvalue weighted by atomic mass is 32.2. The Morgan fingerprint density at radius 2 is 1.90 bits per heavy atom. The van der Waals surface area contributed by atoms with E-state index in [0.717, 1.165) is 24.7 Å². The first-order valence-electron chi connectivity index (χ1n) is 6.60. The van der Waals surface area contributed by atoms with Crippen LogP contribution in [0, 0.1) is 0 Å². The van der Waals surface area contributed by atoms with E-state index in [-0.39, 0.29) is 29.9 Å². The van der Waals surface area contributed by atoms with Crippen molar-refractivity contribution in [3.63, 3.8) is 0 Å². The fraction of sp³-hybridized carbons (Fsp3) is 0.500. The second-order valence-corrected chi connectivity index (χ2v) is 7.56. The van der Waals surface area contributed by atoms with E-state index in [1.54, 1.807) is 29.2 Å². The lowest BCUT2D eigenvalue weighted by atomic mass is 10.2. The molecule has 0 spiro atoms. The molecule has 1 aliphatic rings. The predicted molar refractivity (Wildman–Crippen MR) is 76.0 cm³/mol. The minimum absolute atomic E-state index is 0.0351. The highest BCUT2D eigenvalue weighted by Crippen LogP contribution is 2.29. The van der Waals surface area contributed by atoms with E-state index in [2.05, 4.69) is 0 Å². The zero-order valence-corrected chi connectivity index (χ0v) is 12.3. The van der Waals surface area contributed by atoms with Crippen LogP contribution in [0.3, 0.4) is 0 Å². The van der Waals surface area contributed by atoms with E-state index >= 15 is 0 Å². The third-order valence-corrected chi connectivity index (χ3v) is 4.23. The van der Waals surface area contributed by atoms with Crippen LogP contribution in [-0.2, 0) is 21.2 Å². The van der Waals surface area contributed by atoms with Gasteiger partial charge in [0.15, 0.2) is 0 Å². The molecule has 2 rings (SSSR count). The van der Waals surface area contributed by atoms with Gasteiger partial charge in [0.25, 0.3) is 0 Å². The standard InChI is InChI=1S/C14H19NO4S/c1-20(18,19)9-8-14(17)15(12-4-5-12)10-11-2-6-13(16)7-3-11/h2-3,6-7,12,16H,4-5,8-10H2,1H3. The van der Waals surface area contributed by atoms with E-state index < -0.39 is 9.84 Å². The number of rotatable bonds is 6. The second-order valence-electron chi connectivity index (χ2n) is 5.30. The molecule has 1 fully saturated rings. The summed E-state index contributed by atoms with van der Waals surface area (Å²) in [7, 11) is -3.12. The van der Waals surface area contributed by atoms with Crippen molar-refractivity contribution in [3.05, 3.63) is 29.8 Å². The number of amides is 1. The molecule has 1 N–H and O–H groups in total. The van der Waals surface area contributed by atoms with Gasteiger partial charge in [-0.25, -0.2) is 8.42 Å². The maximum absolute atomic E-state index is 12.2. The molecule has 0 aliphatic heterocycles. The van der Waals surface area contributed by atoms with Gasteiger partial charge in [-0.15, -0.1) is 0 Å². The molecule has 0 unspecified atom stereocenters. The van der Waals surface area contributed by atoms with Gasteiger partial charge in [0.2, 0.25) is 5.91 Å². The van der Waals surface area contributed by atoms with Crippen molar-refractivity contribution in [2.75, 3.05) is 12.0 Å². The Bertz CT molecular complexity index is 576. The number of sulfone groups is 1. The Morgan fingerprint density at radius 3 is 2.40 bits per heavy atom. The number of carbonyl (C=O) groups is 1. The van der Waals surface area contributed by atoms with Crippen molar-refractivity contribution in [3.8, 4) is 5.75 Å². The van der Waals surface area contributed by atoms with E-state index in [1.165, 1.54) is 0 Å². The molecule has 1 saturated carbocycles. The number of hydrogen-bond acceptors (Lipinski definition) is 4. The zero-order chi connectivity index (χ0) is 14.8. The van der Waals surface area contributed by atoms with Gasteiger partial charge in [0, 0.05) is 25.3 Å². The summed E-state index contributed by atoms with van der Waals surface area (Å²) in [6.45, 7) is 0.466. The minimum Gasteiger partial charge on any atom is -0.508 e. The fourth-order valence-electron chi connectivity index (χ4n) is 2.02. The molecule has 0 saturated heterocycles. The number of nitrogens with zero attached hydrogens (tertiary/aromatic N) is 1. The van der Waals surface area contributed by atoms with Crippen molar-refractivity contribution in [2.45, 2.75) is 31.8 Å². The van der Waals surface area contributed by atoms with Gasteiger partial charge in [0.1, 0.15) is 15.6 Å². The van der Waals surface area contributed by atoms with Crippen LogP contribution in [-0.4, -0.2) is 42.4 Å². The predicted octanol–water partition coefficient (Wildman–Crippen LogP) is 1.32. The van der Waals surface area contributed by atoms with Crippen molar-refractivity contribution in [1.82, 2.24) is 4.90 Å². The summed E-state index contributed by atoms with van der Waals surface area (Å²) in [5, 5.41) is 9.25. The molecule has 1 aromatic rings. The summed E-state index contributed by atoms with van der Waals surface area (Å²) in [6, 6.07) is 6.95. The summed E-state index contributed by atoms with van der Waals surface area (Å²) in [5.74, 6) is -0.0360. The first-order valence-corrected chi connectivity index (χ1v) is 8.66. The summed E-state index contributed by atoms with van der Waals surface area (Å²) in [4.78, 5) is 13.9. The molecule has 0 heterocycles. The number of aromatic hydroxyl groups is 1. The first kappa shape index (κ1) is 14.8. The average molecular weight is 297 g/mol. The molecule has 1 aromatic carbocycles. The van der Waals surface area contributed by atoms with Gasteiger partial charge in [-0.1, -0.05) is 12.1 Å². The third-order valence-electron chi connectivity index (χ3n) is 3.28. The molecular formula is C14H19NO4S. The summed E-state index contributed by atoms with van der Waals surface area (Å²) >= 11 is 0. The SMILES string of the molecule is CS(=O)(=O)CCC(=O)N(Cc1ccc(O)cc1)C1CC1. The molecule has 6 heteroatoms. The van der Waals surface area contributed by atoms with Crippen molar-refractivity contribution >= 4 is 15.7 Å². The number of carbonyl (C=O) groups excluding carboxylic acids is 1. The third kappa shape index (κ3) is 4.52. The van der Waals surface area contributed by atoms with Crippen LogP contribution in [0.25, 0.3) is 0 Å².